The van der Waals surface area contributed by atoms with Gasteiger partial charge < -0.3 is 14.9 Å². The van der Waals surface area contributed by atoms with Gasteiger partial charge in [0.1, 0.15) is 11.4 Å². The van der Waals surface area contributed by atoms with E-state index in [0.717, 1.165) is 0 Å². The number of nitrogens with zero attached hydrogens (tertiary/aromatic N) is 2. The van der Waals surface area contributed by atoms with Gasteiger partial charge in [0.2, 0.25) is 0 Å². The number of amides is 1. The first-order valence-electron chi connectivity index (χ1n) is 9.94. The van der Waals surface area contributed by atoms with Crippen molar-refractivity contribution in [1.29, 1.82) is 5.26 Å². The maximum absolute atomic E-state index is 15.2. The number of benzene rings is 2. The average molecular weight is 544 g/mol. The summed E-state index contributed by atoms with van der Waals surface area (Å²) in [5, 5.41) is 11.5. The average Bonchev–Trinajstić information content (AvgIpc) is 3.07. The van der Waals surface area contributed by atoms with Gasteiger partial charge in [0.05, 0.1) is 22.3 Å². The summed E-state index contributed by atoms with van der Waals surface area (Å²) in [7, 11) is 0. The van der Waals surface area contributed by atoms with Gasteiger partial charge in [-0.15, -0.1) is 0 Å². The second-order valence-electron chi connectivity index (χ2n) is 7.41. The number of rotatable bonds is 6. The van der Waals surface area contributed by atoms with E-state index in [9.17, 15) is 22.8 Å². The van der Waals surface area contributed by atoms with Gasteiger partial charge in [-0.05, 0) is 49.7 Å². The van der Waals surface area contributed by atoms with Crippen molar-refractivity contribution in [3.63, 3.8) is 0 Å². The van der Waals surface area contributed by atoms with Crippen LogP contribution >= 0.6 is 23.2 Å². The molecule has 36 heavy (non-hydrogen) atoms. The van der Waals surface area contributed by atoms with E-state index < -0.39 is 36.2 Å². The molecule has 0 unspecified atom stereocenters. The quantitative estimate of drug-likeness (QED) is 0.405. The zero-order chi connectivity index (χ0) is 26.8. The molecule has 0 radical (unpaired) electrons. The molecule has 0 saturated carbocycles. The fraction of sp³-hybridized carbons (Fsp3) is 0.174. The van der Waals surface area contributed by atoms with Crippen molar-refractivity contribution in [3.8, 4) is 17.6 Å². The van der Waals surface area contributed by atoms with Gasteiger partial charge in [0.15, 0.2) is 11.6 Å². The van der Waals surface area contributed by atoms with E-state index in [-0.39, 0.29) is 43.9 Å². The second-order valence-corrected chi connectivity index (χ2v) is 8.25. The summed E-state index contributed by atoms with van der Waals surface area (Å²) in [6.45, 7) is 2.34. The van der Waals surface area contributed by atoms with E-state index in [1.807, 2.05) is 6.07 Å². The molecule has 1 aromatic heterocycles. The Labute approximate surface area is 211 Å². The zero-order valence-electron chi connectivity index (χ0n) is 18.5. The number of hydrogen-bond donors (Lipinski definition) is 1. The van der Waals surface area contributed by atoms with Crippen molar-refractivity contribution < 1.29 is 36.7 Å². The number of ether oxygens (including phenoxy) is 1. The van der Waals surface area contributed by atoms with Crippen LogP contribution in [0.5, 0.6) is 11.5 Å². The Balaban J connectivity index is 1.84. The molecular weight excluding hydrogens is 529 g/mol. The highest BCUT2D eigenvalue weighted by molar-refractivity contribution is 6.32. The molecule has 0 aliphatic carbocycles. The first kappa shape index (κ1) is 26.8. The Hall–Kier alpha value is -3.75. The molecule has 3 rings (SSSR count). The molecule has 0 spiro atoms. The molecule has 0 bridgehead atoms. The van der Waals surface area contributed by atoms with Crippen LogP contribution in [-0.2, 0) is 11.3 Å². The summed E-state index contributed by atoms with van der Waals surface area (Å²) in [6, 6.07) is 9.83. The molecule has 1 heterocycles. The minimum Gasteiger partial charge on any atom is -0.453 e. The lowest BCUT2D eigenvalue weighted by Gasteiger charge is -2.15. The highest BCUT2D eigenvalue weighted by Crippen LogP contribution is 2.35. The van der Waals surface area contributed by atoms with E-state index in [0.29, 0.717) is 4.73 Å². The third-order valence-electron chi connectivity index (χ3n) is 4.73. The number of aromatic nitrogens is 1. The largest absolute Gasteiger partial charge is 0.493 e. The molecule has 7 nitrogen and oxygen atoms in total. The number of alkyl halides is 3. The maximum Gasteiger partial charge on any atom is 0.493 e. The van der Waals surface area contributed by atoms with Gasteiger partial charge in [0.25, 0.3) is 5.91 Å². The summed E-state index contributed by atoms with van der Waals surface area (Å²) in [4.78, 5) is 28.3. The van der Waals surface area contributed by atoms with Gasteiger partial charge in [-0.2, -0.15) is 23.2 Å². The lowest BCUT2D eigenvalue weighted by Crippen LogP contribution is -2.36. The number of carbonyl (C=O) groups is 2. The van der Waals surface area contributed by atoms with Gasteiger partial charge in [0, 0.05) is 17.1 Å². The van der Waals surface area contributed by atoms with Crippen LogP contribution in [0.25, 0.3) is 0 Å². The van der Waals surface area contributed by atoms with E-state index in [4.69, 9.17) is 33.2 Å². The molecule has 0 saturated heterocycles. The normalized spacial score (nSPS) is 11.1. The first-order valence-corrected chi connectivity index (χ1v) is 10.7. The number of nitrogens with one attached hydrogen (secondary N) is 1. The molecule has 13 heteroatoms. The molecule has 1 N–H and O–H groups in total. The summed E-state index contributed by atoms with van der Waals surface area (Å²) >= 11 is 12.0. The number of carbonyl (C=O) groups excluding carboxylic acids is 2. The Morgan fingerprint density at radius 1 is 1.14 bits per heavy atom. The predicted molar refractivity (Wildman–Crippen MR) is 120 cm³/mol. The molecular formula is C23H15Cl2F4N3O4. The topological polar surface area (TPSA) is 93.3 Å². The van der Waals surface area contributed by atoms with Crippen LogP contribution in [0.1, 0.15) is 32.9 Å². The van der Waals surface area contributed by atoms with Gasteiger partial charge in [-0.1, -0.05) is 29.3 Å². The lowest BCUT2D eigenvalue weighted by atomic mass is 10.1. The predicted octanol–water partition coefficient (Wildman–Crippen LogP) is 5.66. The van der Waals surface area contributed by atoms with Gasteiger partial charge >= 0.3 is 12.1 Å². The fourth-order valence-corrected chi connectivity index (χ4v) is 3.58. The van der Waals surface area contributed by atoms with Crippen molar-refractivity contribution in [2.45, 2.75) is 26.6 Å². The number of nitriles is 1. The molecule has 0 fully saturated rings. The summed E-state index contributed by atoms with van der Waals surface area (Å²) < 4.78 is 59.0. The fourth-order valence-electron chi connectivity index (χ4n) is 3.17. The standard InChI is InChI=1S/C23H15Cl2F4N3O4/c1-11-5-12(2)32(36-22(34)23(27,28)29)19(11)21(33)31-10-14-3-4-17(25)20(18(14)26)35-16-7-13(9-30)6-15(24)8-16/h3-8H,10H2,1-2H3,(H,31,33). The van der Waals surface area contributed by atoms with Gasteiger partial charge in [-0.25, -0.2) is 9.18 Å². The minimum absolute atomic E-state index is 0.0384. The van der Waals surface area contributed by atoms with Crippen molar-refractivity contribution in [2.24, 2.45) is 0 Å². The Morgan fingerprint density at radius 2 is 1.83 bits per heavy atom. The number of aryl methyl sites for hydroxylation is 2. The summed E-state index contributed by atoms with van der Waals surface area (Å²) in [5.41, 5.74) is -0.0157. The molecule has 3 aromatic rings. The number of hydrogen-bond acceptors (Lipinski definition) is 5. The maximum atomic E-state index is 15.2. The molecule has 0 aliphatic heterocycles. The van der Waals surface area contributed by atoms with E-state index in [1.165, 1.54) is 50.2 Å². The zero-order valence-corrected chi connectivity index (χ0v) is 20.0. The number of halogens is 6. The van der Waals surface area contributed by atoms with Crippen LogP contribution in [0.15, 0.2) is 36.4 Å². The van der Waals surface area contributed by atoms with Crippen molar-refractivity contribution in [2.75, 3.05) is 0 Å². The van der Waals surface area contributed by atoms with Crippen molar-refractivity contribution in [1.82, 2.24) is 10.0 Å². The molecule has 1 amide bonds. The van der Waals surface area contributed by atoms with Gasteiger partial charge in [-0.3, -0.25) is 4.79 Å². The van der Waals surface area contributed by atoms with Crippen molar-refractivity contribution in [3.05, 3.63) is 80.3 Å². The van der Waals surface area contributed by atoms with E-state index in [1.54, 1.807) is 0 Å². The third-order valence-corrected chi connectivity index (χ3v) is 5.25. The Morgan fingerprint density at radius 3 is 2.47 bits per heavy atom. The third kappa shape index (κ3) is 5.90. The molecule has 188 valence electrons. The monoisotopic (exact) mass is 543 g/mol. The lowest BCUT2D eigenvalue weighted by molar-refractivity contribution is -0.200. The van der Waals surface area contributed by atoms with E-state index >= 15 is 4.39 Å². The summed E-state index contributed by atoms with van der Waals surface area (Å²) in [6.07, 6.45) is -5.28. The van der Waals surface area contributed by atoms with Crippen LogP contribution < -0.4 is 14.9 Å². The molecule has 0 atom stereocenters. The highest BCUT2D eigenvalue weighted by Gasteiger charge is 2.42. The van der Waals surface area contributed by atoms with Crippen LogP contribution in [-0.4, -0.2) is 22.8 Å². The van der Waals surface area contributed by atoms with Crippen molar-refractivity contribution >= 4 is 35.1 Å². The highest BCUT2D eigenvalue weighted by atomic mass is 35.5. The SMILES string of the molecule is Cc1cc(C)n(OC(=O)C(F)(F)F)c1C(=O)NCc1ccc(Cl)c(Oc2cc(Cl)cc(C#N)c2)c1F. The van der Waals surface area contributed by atoms with Crippen LogP contribution in [0.2, 0.25) is 10.0 Å². The van der Waals surface area contributed by atoms with Crippen LogP contribution in [0, 0.1) is 31.0 Å². The first-order chi connectivity index (χ1) is 16.8. The van der Waals surface area contributed by atoms with Crippen LogP contribution in [0.3, 0.4) is 0 Å². The smallest absolute Gasteiger partial charge is 0.453 e. The van der Waals surface area contributed by atoms with Crippen LogP contribution in [0.4, 0.5) is 17.6 Å². The Kier molecular flexibility index (Phi) is 7.81. The molecule has 2 aromatic carbocycles. The van der Waals surface area contributed by atoms with E-state index in [2.05, 4.69) is 10.2 Å². The second kappa shape index (κ2) is 10.5. The summed E-state index contributed by atoms with van der Waals surface area (Å²) in [5.74, 6) is -4.74. The minimum atomic E-state index is -5.28. The molecule has 0 aliphatic rings. The Bertz CT molecular complexity index is 1400.